The first-order valence-electron chi connectivity index (χ1n) is 8.37. The molecule has 1 amide bonds. The molecular formula is C19H18ClF3N2O2. The maximum Gasteiger partial charge on any atom is 0.416 e. The molecule has 1 saturated heterocycles. The molecule has 1 fully saturated rings. The van der Waals surface area contributed by atoms with E-state index in [2.05, 4.69) is 5.32 Å². The minimum absolute atomic E-state index is 0.0911. The van der Waals surface area contributed by atoms with E-state index < -0.39 is 17.6 Å². The predicted molar refractivity (Wildman–Crippen MR) is 98.6 cm³/mol. The Labute approximate surface area is 159 Å². The maximum atomic E-state index is 13.1. The summed E-state index contributed by atoms with van der Waals surface area (Å²) in [6, 6.07) is 8.24. The average molecular weight is 399 g/mol. The van der Waals surface area contributed by atoms with Crippen LogP contribution in [0.4, 0.5) is 24.5 Å². The number of anilines is 2. The van der Waals surface area contributed by atoms with Crippen molar-refractivity contribution >= 4 is 28.9 Å². The summed E-state index contributed by atoms with van der Waals surface area (Å²) >= 11 is 6.12. The minimum Gasteiger partial charge on any atom is -0.378 e. The highest BCUT2D eigenvalue weighted by molar-refractivity contribution is 6.34. The van der Waals surface area contributed by atoms with Gasteiger partial charge in [-0.3, -0.25) is 4.79 Å². The predicted octanol–water partition coefficient (Wildman–Crippen LogP) is 4.76. The molecule has 2 aromatic rings. The van der Waals surface area contributed by atoms with Crippen LogP contribution in [-0.2, 0) is 10.9 Å². The van der Waals surface area contributed by atoms with Crippen molar-refractivity contribution < 1.29 is 22.7 Å². The van der Waals surface area contributed by atoms with E-state index in [0.717, 1.165) is 17.7 Å². The zero-order valence-corrected chi connectivity index (χ0v) is 15.3. The van der Waals surface area contributed by atoms with Gasteiger partial charge in [-0.05, 0) is 42.8 Å². The fourth-order valence-electron chi connectivity index (χ4n) is 2.89. The first-order chi connectivity index (χ1) is 12.8. The number of benzene rings is 2. The Balaban J connectivity index is 1.96. The average Bonchev–Trinajstić information content (AvgIpc) is 2.61. The fraction of sp³-hybridized carbons (Fsp3) is 0.316. The van der Waals surface area contributed by atoms with Gasteiger partial charge in [0, 0.05) is 13.1 Å². The van der Waals surface area contributed by atoms with Crippen LogP contribution in [0.5, 0.6) is 0 Å². The van der Waals surface area contributed by atoms with Crippen molar-refractivity contribution in [2.24, 2.45) is 0 Å². The highest BCUT2D eigenvalue weighted by atomic mass is 35.5. The van der Waals surface area contributed by atoms with E-state index in [-0.39, 0.29) is 16.3 Å². The van der Waals surface area contributed by atoms with Gasteiger partial charge in [-0.1, -0.05) is 17.7 Å². The molecule has 0 bridgehead atoms. The number of carbonyl (C=O) groups is 1. The number of nitrogens with zero attached hydrogens (tertiary/aromatic N) is 1. The number of ether oxygens (including phenoxy) is 1. The zero-order valence-electron chi connectivity index (χ0n) is 14.6. The van der Waals surface area contributed by atoms with Crippen LogP contribution in [0.25, 0.3) is 0 Å². The molecule has 2 aromatic carbocycles. The number of nitrogens with one attached hydrogen (secondary N) is 1. The molecule has 8 heteroatoms. The normalized spacial score (nSPS) is 14.9. The van der Waals surface area contributed by atoms with Crippen LogP contribution in [0.2, 0.25) is 5.02 Å². The lowest BCUT2D eigenvalue weighted by Gasteiger charge is -2.31. The van der Waals surface area contributed by atoms with Crippen LogP contribution in [0.1, 0.15) is 21.5 Å². The molecule has 0 spiro atoms. The van der Waals surface area contributed by atoms with E-state index in [1.54, 1.807) is 18.2 Å². The lowest BCUT2D eigenvalue weighted by atomic mass is 10.1. The van der Waals surface area contributed by atoms with Gasteiger partial charge in [-0.15, -0.1) is 0 Å². The maximum absolute atomic E-state index is 13.1. The summed E-state index contributed by atoms with van der Waals surface area (Å²) in [6.07, 6.45) is -4.51. The summed E-state index contributed by atoms with van der Waals surface area (Å²) in [5, 5.41) is 2.83. The fourth-order valence-corrected chi connectivity index (χ4v) is 3.21. The molecule has 0 aromatic heterocycles. The van der Waals surface area contributed by atoms with Crippen LogP contribution in [-0.4, -0.2) is 32.2 Å². The van der Waals surface area contributed by atoms with Crippen LogP contribution >= 0.6 is 11.6 Å². The standard InChI is InChI=1S/C19H18ClF3N2O2/c1-12-2-4-14(15(20)10-12)18(26)24-16-11-13(19(21,22)23)3-5-17(16)25-6-8-27-9-7-25/h2-5,10-11H,6-9H2,1H3,(H,24,26). The first kappa shape index (κ1) is 19.5. The molecule has 1 heterocycles. The summed E-state index contributed by atoms with van der Waals surface area (Å²) in [5.74, 6) is -0.561. The van der Waals surface area contributed by atoms with Gasteiger partial charge in [0.15, 0.2) is 0 Å². The van der Waals surface area contributed by atoms with Gasteiger partial charge >= 0.3 is 6.18 Å². The molecular weight excluding hydrogens is 381 g/mol. The molecule has 0 unspecified atom stereocenters. The number of morpholine rings is 1. The molecule has 0 atom stereocenters. The smallest absolute Gasteiger partial charge is 0.378 e. The molecule has 27 heavy (non-hydrogen) atoms. The Morgan fingerprint density at radius 3 is 2.48 bits per heavy atom. The molecule has 0 aliphatic carbocycles. The number of amides is 1. The third-order valence-corrected chi connectivity index (χ3v) is 4.61. The summed E-state index contributed by atoms with van der Waals surface area (Å²) in [7, 11) is 0. The Kier molecular flexibility index (Phi) is 5.62. The van der Waals surface area contributed by atoms with Crippen molar-refractivity contribution in [1.82, 2.24) is 0 Å². The van der Waals surface area contributed by atoms with E-state index in [1.165, 1.54) is 6.07 Å². The van der Waals surface area contributed by atoms with Crippen molar-refractivity contribution in [1.29, 1.82) is 0 Å². The van der Waals surface area contributed by atoms with E-state index in [4.69, 9.17) is 16.3 Å². The van der Waals surface area contributed by atoms with E-state index in [1.807, 2.05) is 11.8 Å². The van der Waals surface area contributed by atoms with Gasteiger partial charge in [-0.25, -0.2) is 0 Å². The van der Waals surface area contributed by atoms with E-state index in [0.29, 0.717) is 32.0 Å². The number of alkyl halides is 3. The number of halogens is 4. The largest absolute Gasteiger partial charge is 0.416 e. The van der Waals surface area contributed by atoms with Gasteiger partial charge < -0.3 is 15.0 Å². The van der Waals surface area contributed by atoms with Crippen LogP contribution in [0, 0.1) is 6.92 Å². The van der Waals surface area contributed by atoms with Gasteiger partial charge in [0.25, 0.3) is 5.91 Å². The van der Waals surface area contributed by atoms with Crippen LogP contribution < -0.4 is 10.2 Å². The number of hydrogen-bond acceptors (Lipinski definition) is 3. The topological polar surface area (TPSA) is 41.6 Å². The summed E-state index contributed by atoms with van der Waals surface area (Å²) in [6.45, 7) is 3.83. The summed E-state index contributed by atoms with van der Waals surface area (Å²) in [5.41, 5.74) is 0.860. The van der Waals surface area contributed by atoms with E-state index >= 15 is 0 Å². The van der Waals surface area contributed by atoms with Crippen molar-refractivity contribution in [3.05, 3.63) is 58.1 Å². The highest BCUT2D eigenvalue weighted by Crippen LogP contribution is 2.36. The van der Waals surface area contributed by atoms with Gasteiger partial charge in [0.2, 0.25) is 0 Å². The number of aryl methyl sites for hydroxylation is 1. The number of rotatable bonds is 3. The molecule has 0 saturated carbocycles. The van der Waals surface area contributed by atoms with Gasteiger partial charge in [0.05, 0.1) is 40.7 Å². The molecule has 4 nitrogen and oxygen atoms in total. The van der Waals surface area contributed by atoms with Crippen LogP contribution in [0.15, 0.2) is 36.4 Å². The van der Waals surface area contributed by atoms with Gasteiger partial charge in [-0.2, -0.15) is 13.2 Å². The molecule has 0 radical (unpaired) electrons. The molecule has 144 valence electrons. The third kappa shape index (κ3) is 4.54. The second-order valence-corrected chi connectivity index (χ2v) is 6.67. The lowest BCUT2D eigenvalue weighted by molar-refractivity contribution is -0.137. The Morgan fingerprint density at radius 2 is 1.85 bits per heavy atom. The molecule has 1 aliphatic rings. The Bertz CT molecular complexity index is 849. The second kappa shape index (κ2) is 7.78. The molecule has 1 N–H and O–H groups in total. The van der Waals surface area contributed by atoms with Crippen molar-refractivity contribution in [3.8, 4) is 0 Å². The second-order valence-electron chi connectivity index (χ2n) is 6.27. The van der Waals surface area contributed by atoms with Crippen molar-refractivity contribution in [3.63, 3.8) is 0 Å². The number of carbonyl (C=O) groups excluding carboxylic acids is 1. The molecule has 3 rings (SSSR count). The van der Waals surface area contributed by atoms with Gasteiger partial charge in [0.1, 0.15) is 0 Å². The first-order valence-corrected chi connectivity index (χ1v) is 8.75. The Hall–Kier alpha value is -2.25. The zero-order chi connectivity index (χ0) is 19.6. The van der Waals surface area contributed by atoms with Crippen LogP contribution in [0.3, 0.4) is 0 Å². The third-order valence-electron chi connectivity index (χ3n) is 4.29. The lowest BCUT2D eigenvalue weighted by Crippen LogP contribution is -2.36. The van der Waals surface area contributed by atoms with Crippen molar-refractivity contribution in [2.75, 3.05) is 36.5 Å². The summed E-state index contributed by atoms with van der Waals surface area (Å²) < 4.78 is 44.7. The Morgan fingerprint density at radius 1 is 1.15 bits per heavy atom. The van der Waals surface area contributed by atoms with E-state index in [9.17, 15) is 18.0 Å². The minimum atomic E-state index is -4.51. The quantitative estimate of drug-likeness (QED) is 0.810. The summed E-state index contributed by atoms with van der Waals surface area (Å²) in [4.78, 5) is 14.5. The number of hydrogen-bond donors (Lipinski definition) is 1. The monoisotopic (exact) mass is 398 g/mol. The van der Waals surface area contributed by atoms with Crippen molar-refractivity contribution in [2.45, 2.75) is 13.1 Å². The molecule has 1 aliphatic heterocycles. The highest BCUT2D eigenvalue weighted by Gasteiger charge is 2.32. The SMILES string of the molecule is Cc1ccc(C(=O)Nc2cc(C(F)(F)F)ccc2N2CCOCC2)c(Cl)c1.